The van der Waals surface area contributed by atoms with E-state index in [1.807, 2.05) is 4.90 Å². The SMILES string of the molecule is Cc1cccc(N2CCN(c3ncnc(NCCC(C)C)c3[N+](=O)[O-])CC2)c1C. The standard InChI is InChI=1S/C21H30N6O2/c1-15(2)8-9-22-20-19(27(28)29)21(24-14-23-20)26-12-10-25(11-13-26)18-7-5-6-16(3)17(18)4/h5-7,14-15H,8-13H2,1-4H3,(H,22,23,24). The molecule has 0 radical (unpaired) electrons. The van der Waals surface area contributed by atoms with Crippen molar-refractivity contribution < 1.29 is 4.92 Å². The van der Waals surface area contributed by atoms with Gasteiger partial charge in [-0.05, 0) is 43.4 Å². The van der Waals surface area contributed by atoms with Gasteiger partial charge in [0.05, 0.1) is 4.92 Å². The van der Waals surface area contributed by atoms with Crippen molar-refractivity contribution in [2.75, 3.05) is 47.8 Å². The maximum Gasteiger partial charge on any atom is 0.353 e. The van der Waals surface area contributed by atoms with Gasteiger partial charge in [-0.2, -0.15) is 0 Å². The van der Waals surface area contributed by atoms with E-state index in [0.717, 1.165) is 19.5 Å². The van der Waals surface area contributed by atoms with Crippen molar-refractivity contribution in [2.24, 2.45) is 5.92 Å². The van der Waals surface area contributed by atoms with E-state index in [-0.39, 0.29) is 10.6 Å². The summed E-state index contributed by atoms with van der Waals surface area (Å²) < 4.78 is 0. The van der Waals surface area contributed by atoms with Crippen LogP contribution in [0.2, 0.25) is 0 Å². The minimum atomic E-state index is -0.371. The molecule has 2 aromatic rings. The first kappa shape index (κ1) is 20.8. The summed E-state index contributed by atoms with van der Waals surface area (Å²) in [5, 5.41) is 14.9. The van der Waals surface area contributed by atoms with Crippen LogP contribution in [0, 0.1) is 29.9 Å². The van der Waals surface area contributed by atoms with Crippen LogP contribution in [-0.4, -0.2) is 47.6 Å². The van der Waals surface area contributed by atoms with Crippen molar-refractivity contribution in [2.45, 2.75) is 34.1 Å². The van der Waals surface area contributed by atoms with Gasteiger partial charge in [-0.3, -0.25) is 10.1 Å². The van der Waals surface area contributed by atoms with Crippen molar-refractivity contribution in [3.63, 3.8) is 0 Å². The second-order valence-electron chi connectivity index (χ2n) is 7.95. The van der Waals surface area contributed by atoms with Gasteiger partial charge in [0.15, 0.2) is 0 Å². The Hall–Kier alpha value is -2.90. The van der Waals surface area contributed by atoms with Gasteiger partial charge in [0.25, 0.3) is 0 Å². The Balaban J connectivity index is 1.76. The number of benzene rings is 1. The second kappa shape index (κ2) is 9.07. The summed E-state index contributed by atoms with van der Waals surface area (Å²) in [6.07, 6.45) is 2.34. The summed E-state index contributed by atoms with van der Waals surface area (Å²) in [6.45, 7) is 12.1. The first-order chi connectivity index (χ1) is 13.9. The minimum Gasteiger partial charge on any atom is -0.368 e. The Kier molecular flexibility index (Phi) is 6.51. The van der Waals surface area contributed by atoms with E-state index in [0.29, 0.717) is 37.2 Å². The summed E-state index contributed by atoms with van der Waals surface area (Å²) >= 11 is 0. The van der Waals surface area contributed by atoms with Crippen LogP contribution in [0.25, 0.3) is 0 Å². The van der Waals surface area contributed by atoms with Crippen molar-refractivity contribution in [1.82, 2.24) is 9.97 Å². The lowest BCUT2D eigenvalue weighted by molar-refractivity contribution is -0.383. The predicted molar refractivity (Wildman–Crippen MR) is 117 cm³/mol. The molecule has 0 saturated carbocycles. The molecule has 1 aromatic carbocycles. The monoisotopic (exact) mass is 398 g/mol. The summed E-state index contributed by atoms with van der Waals surface area (Å²) in [7, 11) is 0. The third-order valence-electron chi connectivity index (χ3n) is 5.50. The zero-order valence-electron chi connectivity index (χ0n) is 17.7. The fourth-order valence-electron chi connectivity index (χ4n) is 3.61. The highest BCUT2D eigenvalue weighted by atomic mass is 16.6. The molecule has 29 heavy (non-hydrogen) atoms. The van der Waals surface area contributed by atoms with E-state index in [2.05, 4.69) is 66.1 Å². The predicted octanol–water partition coefficient (Wildman–Crippen LogP) is 3.79. The van der Waals surface area contributed by atoms with Gasteiger partial charge in [-0.15, -0.1) is 0 Å². The third-order valence-corrected chi connectivity index (χ3v) is 5.50. The van der Waals surface area contributed by atoms with Crippen LogP contribution in [0.15, 0.2) is 24.5 Å². The average Bonchev–Trinajstić information content (AvgIpc) is 2.69. The smallest absolute Gasteiger partial charge is 0.353 e. The highest BCUT2D eigenvalue weighted by Gasteiger charge is 2.29. The van der Waals surface area contributed by atoms with Crippen LogP contribution in [0.3, 0.4) is 0 Å². The molecule has 2 heterocycles. The van der Waals surface area contributed by atoms with E-state index in [9.17, 15) is 10.1 Å². The number of hydrogen-bond acceptors (Lipinski definition) is 7. The van der Waals surface area contributed by atoms with Crippen LogP contribution in [0.5, 0.6) is 0 Å². The van der Waals surface area contributed by atoms with E-state index in [4.69, 9.17) is 0 Å². The summed E-state index contributed by atoms with van der Waals surface area (Å²) in [4.78, 5) is 24.2. The minimum absolute atomic E-state index is 0.0311. The van der Waals surface area contributed by atoms with Gasteiger partial charge < -0.3 is 15.1 Å². The Morgan fingerprint density at radius 2 is 1.83 bits per heavy atom. The second-order valence-corrected chi connectivity index (χ2v) is 7.95. The lowest BCUT2D eigenvalue weighted by Gasteiger charge is -2.37. The molecule has 0 bridgehead atoms. The molecular weight excluding hydrogens is 368 g/mol. The third kappa shape index (κ3) is 4.75. The fourth-order valence-corrected chi connectivity index (χ4v) is 3.61. The number of rotatable bonds is 7. The number of piperazine rings is 1. The highest BCUT2D eigenvalue weighted by molar-refractivity contribution is 5.71. The Morgan fingerprint density at radius 3 is 2.48 bits per heavy atom. The maximum absolute atomic E-state index is 11.8. The van der Waals surface area contributed by atoms with Gasteiger partial charge in [-0.25, -0.2) is 9.97 Å². The zero-order chi connectivity index (χ0) is 21.0. The molecule has 1 fully saturated rings. The first-order valence-corrected chi connectivity index (χ1v) is 10.2. The zero-order valence-corrected chi connectivity index (χ0v) is 17.7. The molecule has 1 aliphatic rings. The molecule has 1 N–H and O–H groups in total. The number of anilines is 3. The van der Waals surface area contributed by atoms with Crippen LogP contribution in [0.1, 0.15) is 31.4 Å². The number of hydrogen-bond donors (Lipinski definition) is 1. The molecular formula is C21H30N6O2. The van der Waals surface area contributed by atoms with Crippen LogP contribution in [-0.2, 0) is 0 Å². The van der Waals surface area contributed by atoms with Crippen molar-refractivity contribution in [3.05, 3.63) is 45.8 Å². The van der Waals surface area contributed by atoms with Crippen LogP contribution in [0.4, 0.5) is 23.0 Å². The number of nitro groups is 1. The molecule has 3 rings (SSSR count). The van der Waals surface area contributed by atoms with Crippen LogP contribution < -0.4 is 15.1 Å². The quantitative estimate of drug-likeness (QED) is 0.561. The molecule has 1 aliphatic heterocycles. The van der Waals surface area contributed by atoms with E-state index >= 15 is 0 Å². The molecule has 0 unspecified atom stereocenters. The van der Waals surface area contributed by atoms with E-state index in [1.54, 1.807) is 0 Å². The van der Waals surface area contributed by atoms with Gasteiger partial charge in [0.1, 0.15) is 6.33 Å². The molecule has 0 spiro atoms. The number of nitrogens with one attached hydrogen (secondary N) is 1. The van der Waals surface area contributed by atoms with Gasteiger partial charge in [0.2, 0.25) is 11.6 Å². The lowest BCUT2D eigenvalue weighted by atomic mass is 10.1. The molecule has 0 aliphatic carbocycles. The van der Waals surface area contributed by atoms with Crippen molar-refractivity contribution >= 4 is 23.0 Å². The summed E-state index contributed by atoms with van der Waals surface area (Å²) in [6, 6.07) is 6.34. The highest BCUT2D eigenvalue weighted by Crippen LogP contribution is 2.33. The maximum atomic E-state index is 11.8. The number of aromatic nitrogens is 2. The number of nitrogens with zero attached hydrogens (tertiary/aromatic N) is 5. The van der Waals surface area contributed by atoms with Crippen molar-refractivity contribution in [1.29, 1.82) is 0 Å². The Bertz CT molecular complexity index is 862. The van der Waals surface area contributed by atoms with Crippen LogP contribution >= 0.6 is 0 Å². The summed E-state index contributed by atoms with van der Waals surface area (Å²) in [5.74, 6) is 1.22. The van der Waals surface area contributed by atoms with E-state index in [1.165, 1.54) is 23.1 Å². The van der Waals surface area contributed by atoms with E-state index < -0.39 is 0 Å². The molecule has 156 valence electrons. The summed E-state index contributed by atoms with van der Waals surface area (Å²) in [5.41, 5.74) is 3.76. The lowest BCUT2D eigenvalue weighted by Crippen LogP contribution is -2.47. The topological polar surface area (TPSA) is 87.4 Å². The molecule has 0 amide bonds. The molecule has 0 atom stereocenters. The van der Waals surface area contributed by atoms with Gasteiger partial charge >= 0.3 is 5.69 Å². The van der Waals surface area contributed by atoms with Crippen molar-refractivity contribution in [3.8, 4) is 0 Å². The first-order valence-electron chi connectivity index (χ1n) is 10.2. The molecule has 1 aromatic heterocycles. The molecule has 8 heteroatoms. The molecule has 8 nitrogen and oxygen atoms in total. The fraction of sp³-hybridized carbons (Fsp3) is 0.524. The number of aryl methyl sites for hydroxylation is 1. The van der Waals surface area contributed by atoms with Gasteiger partial charge in [0, 0.05) is 38.4 Å². The van der Waals surface area contributed by atoms with Gasteiger partial charge in [-0.1, -0.05) is 26.0 Å². The Morgan fingerprint density at radius 1 is 1.14 bits per heavy atom. The normalized spacial score (nSPS) is 14.4. The Labute approximate surface area is 172 Å². The molecule has 1 saturated heterocycles. The average molecular weight is 399 g/mol. The largest absolute Gasteiger partial charge is 0.368 e.